The lowest BCUT2D eigenvalue weighted by molar-refractivity contribution is -0.177. The Morgan fingerprint density at radius 1 is 1.36 bits per heavy atom. The molecule has 28 heavy (non-hydrogen) atoms. The second kappa shape index (κ2) is 6.62. The zero-order valence-electron chi connectivity index (χ0n) is 14.9. The van der Waals surface area contributed by atoms with E-state index in [2.05, 4.69) is 16.4 Å². The molecule has 3 N–H and O–H groups in total. The number of nitrogens with zero attached hydrogens (tertiary/aromatic N) is 2. The van der Waals surface area contributed by atoms with Crippen molar-refractivity contribution in [1.82, 2.24) is 9.88 Å². The summed E-state index contributed by atoms with van der Waals surface area (Å²) in [5.41, 5.74) is 3.02. The van der Waals surface area contributed by atoms with Crippen LogP contribution in [0.1, 0.15) is 29.7 Å². The minimum absolute atomic E-state index is 0.0237. The lowest BCUT2D eigenvalue weighted by atomic mass is 9.86. The molecular weight excluding hydrogens is 373 g/mol. The van der Waals surface area contributed by atoms with E-state index in [1.165, 1.54) is 4.90 Å². The first-order chi connectivity index (χ1) is 13.3. The molecule has 6 nitrogen and oxygen atoms in total. The van der Waals surface area contributed by atoms with E-state index in [9.17, 15) is 23.2 Å². The summed E-state index contributed by atoms with van der Waals surface area (Å²) in [5.74, 6) is -1.38. The third-order valence-corrected chi connectivity index (χ3v) is 5.74. The number of hydrogen-bond donors (Lipinski definition) is 3. The first-order valence-electron chi connectivity index (χ1n) is 9.15. The number of carboxylic acid groups (broad SMARTS) is 1. The number of H-pyrrole nitrogens is 1. The van der Waals surface area contributed by atoms with Gasteiger partial charge >= 0.3 is 12.3 Å². The molecule has 2 atom stereocenters. The molecule has 1 aliphatic carbocycles. The Hall–Kier alpha value is -2.89. The van der Waals surface area contributed by atoms with Gasteiger partial charge in [-0.15, -0.1) is 0 Å². The standard InChI is InChI=1S/C19H19F3N4O2/c20-19(21,22)11-2-3-13-15(7-11)25-17-10(8-23)1-4-14(16(13)17)24-12-5-6-26(9-12)18(27)28/h1,4,11-12,24-25H,2-3,5-7,9H2,(H,27,28)/t11?,12-/m0/s1. The number of aromatic nitrogens is 1. The summed E-state index contributed by atoms with van der Waals surface area (Å²) in [4.78, 5) is 15.5. The fourth-order valence-corrected chi connectivity index (χ4v) is 4.30. The van der Waals surface area contributed by atoms with Crippen LogP contribution in [0.25, 0.3) is 10.9 Å². The number of benzene rings is 1. The number of rotatable bonds is 2. The van der Waals surface area contributed by atoms with Gasteiger partial charge in [0.1, 0.15) is 6.07 Å². The Labute approximate surface area is 158 Å². The second-order valence-electron chi connectivity index (χ2n) is 7.44. The van der Waals surface area contributed by atoms with Crippen LogP contribution in [-0.4, -0.2) is 46.4 Å². The number of anilines is 1. The van der Waals surface area contributed by atoms with Crippen molar-refractivity contribution in [3.8, 4) is 6.07 Å². The summed E-state index contributed by atoms with van der Waals surface area (Å²) >= 11 is 0. The smallest absolute Gasteiger partial charge is 0.407 e. The highest BCUT2D eigenvalue weighted by Gasteiger charge is 2.42. The predicted molar refractivity (Wildman–Crippen MR) is 96.2 cm³/mol. The van der Waals surface area contributed by atoms with Gasteiger partial charge in [-0.05, 0) is 43.4 Å². The Morgan fingerprint density at radius 2 is 2.14 bits per heavy atom. The lowest BCUT2D eigenvalue weighted by Crippen LogP contribution is -2.30. The normalized spacial score (nSPS) is 22.1. The van der Waals surface area contributed by atoms with Crippen LogP contribution in [0, 0.1) is 17.2 Å². The third-order valence-electron chi connectivity index (χ3n) is 5.74. The molecule has 2 aromatic rings. The Kier molecular flexibility index (Phi) is 4.37. The first-order valence-corrected chi connectivity index (χ1v) is 9.15. The minimum atomic E-state index is -4.24. The van der Waals surface area contributed by atoms with Gasteiger partial charge in [0.15, 0.2) is 0 Å². The molecule has 2 heterocycles. The number of alkyl halides is 3. The molecule has 1 aliphatic heterocycles. The number of nitriles is 1. The fourth-order valence-electron chi connectivity index (χ4n) is 4.30. The van der Waals surface area contributed by atoms with Crippen LogP contribution in [0.4, 0.5) is 23.7 Å². The fraction of sp³-hybridized carbons (Fsp3) is 0.474. The summed E-state index contributed by atoms with van der Waals surface area (Å²) < 4.78 is 39.5. The number of likely N-dealkylation sites (tertiary alicyclic amines) is 1. The number of aryl methyl sites for hydroxylation is 1. The van der Waals surface area contributed by atoms with Gasteiger partial charge in [0.05, 0.1) is 17.0 Å². The van der Waals surface area contributed by atoms with Crippen LogP contribution in [0.3, 0.4) is 0 Å². The average Bonchev–Trinajstić information content (AvgIpc) is 3.25. The third kappa shape index (κ3) is 3.13. The summed E-state index contributed by atoms with van der Waals surface area (Å²) in [6, 6.07) is 5.41. The van der Waals surface area contributed by atoms with E-state index >= 15 is 0 Å². The molecule has 1 saturated heterocycles. The maximum absolute atomic E-state index is 13.2. The van der Waals surface area contributed by atoms with E-state index in [4.69, 9.17) is 5.11 Å². The van der Waals surface area contributed by atoms with Crippen molar-refractivity contribution in [3.63, 3.8) is 0 Å². The zero-order chi connectivity index (χ0) is 20.1. The van der Waals surface area contributed by atoms with E-state index in [0.29, 0.717) is 36.3 Å². The Morgan fingerprint density at radius 3 is 2.79 bits per heavy atom. The molecule has 1 aromatic heterocycles. The van der Waals surface area contributed by atoms with Gasteiger partial charge in [-0.3, -0.25) is 0 Å². The van der Waals surface area contributed by atoms with Gasteiger partial charge in [0, 0.05) is 35.9 Å². The van der Waals surface area contributed by atoms with Crippen LogP contribution in [-0.2, 0) is 12.8 Å². The number of hydrogen-bond acceptors (Lipinski definition) is 3. The molecule has 1 aromatic carbocycles. The van der Waals surface area contributed by atoms with Crippen LogP contribution in [0.2, 0.25) is 0 Å². The van der Waals surface area contributed by atoms with Crippen molar-refractivity contribution in [2.45, 2.75) is 37.9 Å². The Bertz CT molecular complexity index is 976. The number of aromatic amines is 1. The average molecular weight is 392 g/mol. The monoisotopic (exact) mass is 392 g/mol. The van der Waals surface area contributed by atoms with E-state index in [0.717, 1.165) is 16.6 Å². The topological polar surface area (TPSA) is 92.2 Å². The molecule has 0 spiro atoms. The van der Waals surface area contributed by atoms with Gasteiger partial charge in [-0.25, -0.2) is 4.79 Å². The lowest BCUT2D eigenvalue weighted by Gasteiger charge is -2.25. The SMILES string of the molecule is N#Cc1ccc(N[C@H]2CCN(C(=O)O)C2)c2c3c([nH]c12)CC(C(F)(F)F)CC3. The van der Waals surface area contributed by atoms with Crippen molar-refractivity contribution in [2.75, 3.05) is 18.4 Å². The first kappa shape index (κ1) is 18.5. The van der Waals surface area contributed by atoms with Crippen molar-refractivity contribution < 1.29 is 23.1 Å². The number of nitrogens with one attached hydrogen (secondary N) is 2. The molecule has 0 saturated carbocycles. The van der Waals surface area contributed by atoms with Gasteiger partial charge in [0.25, 0.3) is 0 Å². The summed E-state index contributed by atoms with van der Waals surface area (Å²) in [7, 11) is 0. The van der Waals surface area contributed by atoms with E-state index in [1.807, 2.05) is 0 Å². The van der Waals surface area contributed by atoms with E-state index in [1.54, 1.807) is 12.1 Å². The largest absolute Gasteiger partial charge is 0.465 e. The highest BCUT2D eigenvalue weighted by atomic mass is 19.4. The second-order valence-corrected chi connectivity index (χ2v) is 7.44. The molecule has 4 rings (SSSR count). The molecule has 2 aliphatic rings. The Balaban J connectivity index is 1.70. The van der Waals surface area contributed by atoms with Crippen molar-refractivity contribution >= 4 is 22.7 Å². The van der Waals surface area contributed by atoms with Crippen LogP contribution >= 0.6 is 0 Å². The zero-order valence-corrected chi connectivity index (χ0v) is 14.9. The summed E-state index contributed by atoms with van der Waals surface area (Å²) in [6.07, 6.45) is -4.36. The van der Waals surface area contributed by atoms with Gasteiger partial charge in [-0.2, -0.15) is 18.4 Å². The molecule has 9 heteroatoms. The van der Waals surface area contributed by atoms with Crippen molar-refractivity contribution in [1.29, 1.82) is 5.26 Å². The minimum Gasteiger partial charge on any atom is -0.465 e. The molecular formula is C19H19F3N4O2. The molecule has 1 amide bonds. The van der Waals surface area contributed by atoms with E-state index < -0.39 is 18.2 Å². The molecule has 148 valence electrons. The van der Waals surface area contributed by atoms with Crippen molar-refractivity contribution in [2.24, 2.45) is 5.92 Å². The van der Waals surface area contributed by atoms with Crippen molar-refractivity contribution in [3.05, 3.63) is 29.0 Å². The number of amides is 1. The maximum atomic E-state index is 13.2. The summed E-state index contributed by atoms with van der Waals surface area (Å²) in [5, 5.41) is 22.6. The van der Waals surface area contributed by atoms with Crippen LogP contribution in [0.15, 0.2) is 12.1 Å². The van der Waals surface area contributed by atoms with Crippen LogP contribution < -0.4 is 5.32 Å². The number of carbonyl (C=O) groups is 1. The number of fused-ring (bicyclic) bond motifs is 3. The van der Waals surface area contributed by atoms with Gasteiger partial charge < -0.3 is 20.3 Å². The summed E-state index contributed by atoms with van der Waals surface area (Å²) in [6.45, 7) is 0.782. The van der Waals surface area contributed by atoms with E-state index in [-0.39, 0.29) is 25.3 Å². The highest BCUT2D eigenvalue weighted by Crippen LogP contribution is 2.42. The van der Waals surface area contributed by atoms with Gasteiger partial charge in [0.2, 0.25) is 0 Å². The van der Waals surface area contributed by atoms with Crippen LogP contribution in [0.5, 0.6) is 0 Å². The molecule has 0 bridgehead atoms. The molecule has 1 unspecified atom stereocenters. The molecule has 0 radical (unpaired) electrons. The molecule has 1 fully saturated rings. The predicted octanol–water partition coefficient (Wildman–Crippen LogP) is 3.87. The number of halogens is 3. The quantitative estimate of drug-likeness (QED) is 0.723. The van der Waals surface area contributed by atoms with Gasteiger partial charge in [-0.1, -0.05) is 0 Å². The maximum Gasteiger partial charge on any atom is 0.407 e. The highest BCUT2D eigenvalue weighted by molar-refractivity contribution is 5.99.